The van der Waals surface area contributed by atoms with Crippen LogP contribution in [0.15, 0.2) is 60.7 Å². The molecule has 0 aliphatic heterocycles. The van der Waals surface area contributed by atoms with Crippen molar-refractivity contribution < 1.29 is 0 Å². The van der Waals surface area contributed by atoms with E-state index in [0.29, 0.717) is 5.92 Å². The molecule has 2 rings (SSSR count). The lowest BCUT2D eigenvalue weighted by Gasteiger charge is -2.38. The molecule has 0 fully saturated rings. The van der Waals surface area contributed by atoms with Crippen LogP contribution >= 0.6 is 0 Å². The van der Waals surface area contributed by atoms with Crippen molar-refractivity contribution in [1.82, 2.24) is 0 Å². The van der Waals surface area contributed by atoms with Crippen molar-refractivity contribution in [3.05, 3.63) is 71.8 Å². The van der Waals surface area contributed by atoms with Crippen LogP contribution in [0.1, 0.15) is 37.8 Å². The number of hydrogen-bond acceptors (Lipinski definition) is 0. The summed E-state index contributed by atoms with van der Waals surface area (Å²) in [6.07, 6.45) is 9.86. The highest BCUT2D eigenvalue weighted by Crippen LogP contribution is 2.46. The van der Waals surface area contributed by atoms with Gasteiger partial charge < -0.3 is 0 Å². The van der Waals surface area contributed by atoms with Crippen LogP contribution in [0, 0.1) is 5.41 Å². The lowest BCUT2D eigenvalue weighted by Crippen LogP contribution is -2.26. The lowest BCUT2D eigenvalue weighted by atomic mass is 9.66. The largest absolute Gasteiger partial charge is 0.102 e. The summed E-state index contributed by atoms with van der Waals surface area (Å²) in [5.41, 5.74) is 4.29. The van der Waals surface area contributed by atoms with E-state index >= 15 is 0 Å². The van der Waals surface area contributed by atoms with Gasteiger partial charge in [-0.15, -0.1) is 6.58 Å². The molecule has 2 atom stereocenters. The van der Waals surface area contributed by atoms with Crippen LogP contribution in [-0.4, -0.2) is 0 Å². The molecule has 2 unspecified atom stereocenters. The molecule has 1 aliphatic rings. The molecule has 0 saturated heterocycles. The zero-order chi connectivity index (χ0) is 13.2. The molecule has 0 heteroatoms. The van der Waals surface area contributed by atoms with E-state index in [-0.39, 0.29) is 5.41 Å². The number of allylic oxidation sites excluding steroid dienone is 5. The first kappa shape index (κ1) is 12.9. The van der Waals surface area contributed by atoms with E-state index in [1.54, 1.807) is 0 Å². The highest BCUT2D eigenvalue weighted by molar-refractivity contribution is 5.43. The van der Waals surface area contributed by atoms with Crippen molar-refractivity contribution in [3.63, 3.8) is 0 Å². The van der Waals surface area contributed by atoms with Gasteiger partial charge in [0, 0.05) is 11.3 Å². The molecular formula is C18H22. The topological polar surface area (TPSA) is 0 Å². The minimum atomic E-state index is 0.0278. The summed E-state index contributed by atoms with van der Waals surface area (Å²) < 4.78 is 0. The van der Waals surface area contributed by atoms with Crippen LogP contribution in [-0.2, 0) is 6.42 Å². The fourth-order valence-electron chi connectivity index (χ4n) is 2.81. The maximum absolute atomic E-state index is 4.06. The molecule has 18 heavy (non-hydrogen) atoms. The van der Waals surface area contributed by atoms with E-state index in [1.165, 1.54) is 16.7 Å². The summed E-state index contributed by atoms with van der Waals surface area (Å²) in [5.74, 6) is 0.399. The molecule has 0 amide bonds. The van der Waals surface area contributed by atoms with Crippen LogP contribution in [0.2, 0.25) is 0 Å². The Morgan fingerprint density at radius 1 is 1.33 bits per heavy atom. The minimum absolute atomic E-state index is 0.0278. The zero-order valence-corrected chi connectivity index (χ0v) is 11.6. The molecule has 0 spiro atoms. The molecule has 1 aromatic carbocycles. The molecular weight excluding hydrogens is 216 g/mol. The summed E-state index contributed by atoms with van der Waals surface area (Å²) in [6, 6.07) is 8.76. The Balaban J connectivity index is 2.53. The monoisotopic (exact) mass is 238 g/mol. The van der Waals surface area contributed by atoms with Crippen molar-refractivity contribution >= 4 is 0 Å². The third kappa shape index (κ3) is 1.96. The van der Waals surface area contributed by atoms with Crippen molar-refractivity contribution in [3.8, 4) is 0 Å². The molecule has 0 heterocycles. The summed E-state index contributed by atoms with van der Waals surface area (Å²) in [7, 11) is 0. The third-order valence-electron chi connectivity index (χ3n) is 4.34. The first-order valence-corrected chi connectivity index (χ1v) is 6.70. The lowest BCUT2D eigenvalue weighted by molar-refractivity contribution is 0.450. The molecule has 0 nitrogen and oxygen atoms in total. The molecule has 0 aromatic heterocycles. The highest BCUT2D eigenvalue weighted by Gasteiger charge is 2.34. The second-order valence-electron chi connectivity index (χ2n) is 5.25. The van der Waals surface area contributed by atoms with Gasteiger partial charge in [0.1, 0.15) is 0 Å². The Labute approximate surface area is 111 Å². The second-order valence-corrected chi connectivity index (χ2v) is 5.25. The third-order valence-corrected chi connectivity index (χ3v) is 4.34. The Hall–Kier alpha value is -1.56. The Bertz CT molecular complexity index is 505. The van der Waals surface area contributed by atoms with E-state index in [2.05, 4.69) is 75.9 Å². The number of hydrogen-bond donors (Lipinski definition) is 0. The van der Waals surface area contributed by atoms with Gasteiger partial charge in [-0.25, -0.2) is 0 Å². The first-order chi connectivity index (χ1) is 8.63. The van der Waals surface area contributed by atoms with Crippen LogP contribution in [0.25, 0.3) is 0 Å². The minimum Gasteiger partial charge on any atom is -0.102 e. The van der Waals surface area contributed by atoms with Crippen LogP contribution in [0.5, 0.6) is 0 Å². The standard InChI is InChI=1S/C18H22/c1-5-15-11-7-8-12-16(15)17-13-9-10-14(3)18(17,4)6-2/h6-13,17H,2,5H2,1,3-4H3. The summed E-state index contributed by atoms with van der Waals surface area (Å²) in [6.45, 7) is 10.8. The maximum Gasteiger partial charge on any atom is 0.0164 e. The molecule has 94 valence electrons. The van der Waals surface area contributed by atoms with Gasteiger partial charge in [-0.05, 0) is 24.5 Å². The fourth-order valence-corrected chi connectivity index (χ4v) is 2.81. The zero-order valence-electron chi connectivity index (χ0n) is 11.6. The van der Waals surface area contributed by atoms with E-state index in [4.69, 9.17) is 0 Å². The molecule has 1 aliphatic carbocycles. The average molecular weight is 238 g/mol. The summed E-state index contributed by atoms with van der Waals surface area (Å²) >= 11 is 0. The summed E-state index contributed by atoms with van der Waals surface area (Å²) in [5, 5.41) is 0. The van der Waals surface area contributed by atoms with Crippen molar-refractivity contribution in [2.75, 3.05) is 0 Å². The molecule has 0 bridgehead atoms. The molecule has 0 saturated carbocycles. The van der Waals surface area contributed by atoms with Crippen LogP contribution in [0.3, 0.4) is 0 Å². The van der Waals surface area contributed by atoms with Crippen molar-refractivity contribution in [2.24, 2.45) is 5.41 Å². The normalized spacial score (nSPS) is 26.8. The number of rotatable bonds is 3. The summed E-state index contributed by atoms with van der Waals surface area (Å²) in [4.78, 5) is 0. The smallest absolute Gasteiger partial charge is 0.0164 e. The van der Waals surface area contributed by atoms with E-state index in [9.17, 15) is 0 Å². The van der Waals surface area contributed by atoms with Gasteiger partial charge in [0.15, 0.2) is 0 Å². The Morgan fingerprint density at radius 2 is 2.06 bits per heavy atom. The Morgan fingerprint density at radius 3 is 2.72 bits per heavy atom. The van der Waals surface area contributed by atoms with E-state index in [0.717, 1.165) is 6.42 Å². The van der Waals surface area contributed by atoms with Crippen LogP contribution in [0.4, 0.5) is 0 Å². The maximum atomic E-state index is 4.06. The van der Waals surface area contributed by atoms with Gasteiger partial charge in [0.05, 0.1) is 0 Å². The van der Waals surface area contributed by atoms with Gasteiger partial charge in [-0.2, -0.15) is 0 Å². The van der Waals surface area contributed by atoms with Crippen LogP contribution < -0.4 is 0 Å². The van der Waals surface area contributed by atoms with Gasteiger partial charge in [0.2, 0.25) is 0 Å². The quantitative estimate of drug-likeness (QED) is 0.647. The Kier molecular flexibility index (Phi) is 3.56. The first-order valence-electron chi connectivity index (χ1n) is 6.70. The van der Waals surface area contributed by atoms with Gasteiger partial charge >= 0.3 is 0 Å². The van der Waals surface area contributed by atoms with Gasteiger partial charge in [-0.1, -0.05) is 68.0 Å². The molecule has 0 radical (unpaired) electrons. The van der Waals surface area contributed by atoms with E-state index < -0.39 is 0 Å². The predicted molar refractivity (Wildman–Crippen MR) is 79.8 cm³/mol. The SMILES string of the molecule is C=CC1(C)C(C)=CC=CC1c1ccccc1CC. The highest BCUT2D eigenvalue weighted by atomic mass is 14.4. The predicted octanol–water partition coefficient (Wildman–Crippen LogP) is 5.04. The molecule has 0 N–H and O–H groups in total. The van der Waals surface area contributed by atoms with E-state index in [1.807, 2.05) is 0 Å². The van der Waals surface area contributed by atoms with Gasteiger partial charge in [0.25, 0.3) is 0 Å². The second kappa shape index (κ2) is 4.97. The fraction of sp³-hybridized carbons (Fsp3) is 0.333. The van der Waals surface area contributed by atoms with Crippen molar-refractivity contribution in [1.29, 1.82) is 0 Å². The number of benzene rings is 1. The number of aryl methyl sites for hydroxylation is 1. The van der Waals surface area contributed by atoms with Gasteiger partial charge in [-0.3, -0.25) is 0 Å². The molecule has 1 aromatic rings. The van der Waals surface area contributed by atoms with Crippen molar-refractivity contribution in [2.45, 2.75) is 33.1 Å². The average Bonchev–Trinajstić information content (AvgIpc) is 2.42.